The lowest BCUT2D eigenvalue weighted by atomic mass is 10.2. The molecule has 1 saturated heterocycles. The van der Waals surface area contributed by atoms with E-state index >= 15 is 0 Å². The summed E-state index contributed by atoms with van der Waals surface area (Å²) in [4.78, 5) is 4.39. The molecule has 25 heavy (non-hydrogen) atoms. The first-order valence-corrected chi connectivity index (χ1v) is 8.86. The highest BCUT2D eigenvalue weighted by Gasteiger charge is 2.20. The van der Waals surface area contributed by atoms with Crippen LogP contribution in [0.5, 0.6) is 5.75 Å². The van der Waals surface area contributed by atoms with Crippen LogP contribution in [-0.2, 0) is 0 Å². The molecule has 132 valence electrons. The van der Waals surface area contributed by atoms with Gasteiger partial charge in [-0.2, -0.15) is 0 Å². The van der Waals surface area contributed by atoms with E-state index in [0.717, 1.165) is 43.3 Å². The van der Waals surface area contributed by atoms with E-state index in [2.05, 4.69) is 15.1 Å². The van der Waals surface area contributed by atoms with Gasteiger partial charge in [-0.05, 0) is 55.5 Å². The second-order valence-corrected chi connectivity index (χ2v) is 6.20. The monoisotopic (exact) mass is 359 g/mol. The molecule has 2 aromatic carbocycles. The summed E-state index contributed by atoms with van der Waals surface area (Å²) in [6.07, 6.45) is 0. The molecule has 0 bridgehead atoms. The quantitative estimate of drug-likeness (QED) is 0.840. The van der Waals surface area contributed by atoms with Crippen LogP contribution in [0.3, 0.4) is 0 Å². The number of anilines is 2. The van der Waals surface area contributed by atoms with E-state index in [1.165, 1.54) is 12.1 Å². The van der Waals surface area contributed by atoms with Gasteiger partial charge in [0.2, 0.25) is 0 Å². The largest absolute Gasteiger partial charge is 0.492 e. The number of hydrogen-bond acceptors (Lipinski definition) is 3. The second-order valence-electron chi connectivity index (χ2n) is 5.81. The van der Waals surface area contributed by atoms with E-state index in [9.17, 15) is 4.39 Å². The van der Waals surface area contributed by atoms with Crippen molar-refractivity contribution in [3.8, 4) is 5.75 Å². The molecule has 1 N–H and O–H groups in total. The number of benzene rings is 2. The Balaban J connectivity index is 1.57. The molecule has 0 radical (unpaired) electrons. The molecule has 1 aliphatic heterocycles. The van der Waals surface area contributed by atoms with Crippen LogP contribution in [0.4, 0.5) is 15.8 Å². The van der Waals surface area contributed by atoms with Crippen molar-refractivity contribution in [3.05, 3.63) is 54.3 Å². The number of rotatable bonds is 4. The predicted octanol–water partition coefficient (Wildman–Crippen LogP) is 3.74. The van der Waals surface area contributed by atoms with Crippen LogP contribution in [0, 0.1) is 5.82 Å². The number of nitrogens with one attached hydrogen (secondary N) is 1. The molecular formula is C19H22FN3OS. The fourth-order valence-corrected chi connectivity index (χ4v) is 3.16. The Morgan fingerprint density at radius 3 is 2.44 bits per heavy atom. The van der Waals surface area contributed by atoms with Crippen molar-refractivity contribution in [2.45, 2.75) is 6.92 Å². The highest BCUT2D eigenvalue weighted by Crippen LogP contribution is 2.24. The topological polar surface area (TPSA) is 27.7 Å². The molecule has 0 unspecified atom stereocenters. The van der Waals surface area contributed by atoms with Gasteiger partial charge in [0, 0.05) is 31.9 Å². The normalized spacial score (nSPS) is 14.3. The van der Waals surface area contributed by atoms with Crippen LogP contribution in [0.2, 0.25) is 0 Å². The minimum absolute atomic E-state index is 0.208. The van der Waals surface area contributed by atoms with Crippen LogP contribution in [0.25, 0.3) is 0 Å². The Morgan fingerprint density at radius 1 is 1.08 bits per heavy atom. The van der Waals surface area contributed by atoms with Crippen LogP contribution >= 0.6 is 12.2 Å². The van der Waals surface area contributed by atoms with E-state index < -0.39 is 0 Å². The first-order chi connectivity index (χ1) is 12.2. The van der Waals surface area contributed by atoms with Crippen LogP contribution in [0.15, 0.2) is 48.5 Å². The molecule has 0 aromatic heterocycles. The molecule has 6 heteroatoms. The second kappa shape index (κ2) is 8.16. The van der Waals surface area contributed by atoms with Crippen molar-refractivity contribution in [2.75, 3.05) is 43.0 Å². The fraction of sp³-hybridized carbons (Fsp3) is 0.316. The van der Waals surface area contributed by atoms with Crippen LogP contribution in [-0.4, -0.2) is 42.8 Å². The lowest BCUT2D eigenvalue weighted by Gasteiger charge is -2.37. The smallest absolute Gasteiger partial charge is 0.173 e. The molecule has 0 saturated carbocycles. The summed E-state index contributed by atoms with van der Waals surface area (Å²) in [7, 11) is 0. The third-order valence-corrected chi connectivity index (χ3v) is 4.55. The van der Waals surface area contributed by atoms with Crippen LogP contribution < -0.4 is 15.0 Å². The molecule has 3 rings (SSSR count). The van der Waals surface area contributed by atoms with Gasteiger partial charge in [0.15, 0.2) is 5.11 Å². The number of halogens is 1. The lowest BCUT2D eigenvalue weighted by molar-refractivity contribution is 0.341. The van der Waals surface area contributed by atoms with Gasteiger partial charge in [0.1, 0.15) is 11.6 Å². The van der Waals surface area contributed by atoms with Crippen molar-refractivity contribution in [3.63, 3.8) is 0 Å². The van der Waals surface area contributed by atoms with Crippen molar-refractivity contribution in [1.82, 2.24) is 4.90 Å². The minimum atomic E-state index is -0.208. The Labute approximate surface area is 153 Å². The summed E-state index contributed by atoms with van der Waals surface area (Å²) >= 11 is 5.56. The summed E-state index contributed by atoms with van der Waals surface area (Å²) in [5.41, 5.74) is 1.93. The molecule has 1 heterocycles. The highest BCUT2D eigenvalue weighted by molar-refractivity contribution is 7.80. The molecule has 4 nitrogen and oxygen atoms in total. The Hall–Kier alpha value is -2.34. The molecule has 0 aliphatic carbocycles. The van der Waals surface area contributed by atoms with Gasteiger partial charge in [-0.25, -0.2) is 4.39 Å². The maximum absolute atomic E-state index is 13.1. The Morgan fingerprint density at radius 2 is 1.76 bits per heavy atom. The van der Waals surface area contributed by atoms with Gasteiger partial charge < -0.3 is 19.9 Å². The SMILES string of the molecule is CCOc1ccccc1NC(=S)N1CCN(c2ccc(F)cc2)CC1. The number of ether oxygens (including phenoxy) is 1. The molecule has 2 aromatic rings. The van der Waals surface area contributed by atoms with Crippen LogP contribution in [0.1, 0.15) is 6.92 Å². The first-order valence-electron chi connectivity index (χ1n) is 8.45. The molecular weight excluding hydrogens is 337 g/mol. The highest BCUT2D eigenvalue weighted by atomic mass is 32.1. The molecule has 0 amide bonds. The Kier molecular flexibility index (Phi) is 5.71. The van der Waals surface area contributed by atoms with E-state index in [1.54, 1.807) is 0 Å². The van der Waals surface area contributed by atoms with E-state index in [1.807, 2.05) is 43.3 Å². The molecule has 0 spiro atoms. The summed E-state index contributed by atoms with van der Waals surface area (Å²) in [5, 5.41) is 3.99. The third-order valence-electron chi connectivity index (χ3n) is 4.19. The van der Waals surface area contributed by atoms with Crippen molar-refractivity contribution in [2.24, 2.45) is 0 Å². The maximum atomic E-state index is 13.1. The predicted molar refractivity (Wildman–Crippen MR) is 104 cm³/mol. The summed E-state index contributed by atoms with van der Waals surface area (Å²) < 4.78 is 18.7. The summed E-state index contributed by atoms with van der Waals surface area (Å²) in [5.74, 6) is 0.595. The van der Waals surface area contributed by atoms with Gasteiger partial charge in [-0.1, -0.05) is 12.1 Å². The maximum Gasteiger partial charge on any atom is 0.173 e. The van der Waals surface area contributed by atoms with Gasteiger partial charge in [0.05, 0.1) is 12.3 Å². The fourth-order valence-electron chi connectivity index (χ4n) is 2.87. The molecule has 1 aliphatic rings. The number of para-hydroxylation sites is 2. The van der Waals surface area contributed by atoms with Crippen molar-refractivity contribution < 1.29 is 9.13 Å². The standard InChI is InChI=1S/C19H22FN3OS/c1-2-24-18-6-4-3-5-17(18)21-19(25)23-13-11-22(12-14-23)16-9-7-15(20)8-10-16/h3-10H,2,11-14H2,1H3,(H,21,25). The van der Waals surface area contributed by atoms with E-state index in [-0.39, 0.29) is 5.82 Å². The lowest BCUT2D eigenvalue weighted by Crippen LogP contribution is -2.50. The first kappa shape index (κ1) is 17.5. The van der Waals surface area contributed by atoms with Crippen molar-refractivity contribution in [1.29, 1.82) is 0 Å². The van der Waals surface area contributed by atoms with Gasteiger partial charge in [-0.3, -0.25) is 0 Å². The molecule has 1 fully saturated rings. The van der Waals surface area contributed by atoms with E-state index in [0.29, 0.717) is 11.7 Å². The van der Waals surface area contributed by atoms with Gasteiger partial charge in [0.25, 0.3) is 0 Å². The van der Waals surface area contributed by atoms with E-state index in [4.69, 9.17) is 17.0 Å². The number of nitrogens with zero attached hydrogens (tertiary/aromatic N) is 2. The zero-order valence-corrected chi connectivity index (χ0v) is 15.1. The zero-order valence-electron chi connectivity index (χ0n) is 14.2. The third kappa shape index (κ3) is 4.39. The Bertz CT molecular complexity index is 715. The molecule has 0 atom stereocenters. The number of thiocarbonyl (C=S) groups is 1. The summed E-state index contributed by atoms with van der Waals surface area (Å²) in [6.45, 7) is 5.91. The minimum Gasteiger partial charge on any atom is -0.492 e. The van der Waals surface area contributed by atoms with Crippen molar-refractivity contribution >= 4 is 28.7 Å². The van der Waals surface area contributed by atoms with Gasteiger partial charge >= 0.3 is 0 Å². The average molecular weight is 359 g/mol. The average Bonchev–Trinajstić information content (AvgIpc) is 2.64. The summed E-state index contributed by atoms with van der Waals surface area (Å²) in [6, 6.07) is 14.4. The number of piperazine rings is 1. The van der Waals surface area contributed by atoms with Gasteiger partial charge in [-0.15, -0.1) is 0 Å². The zero-order chi connectivity index (χ0) is 17.6. The number of hydrogen-bond donors (Lipinski definition) is 1.